The SMILES string of the molecule is CCCCCCCCCC(=O)NCCCCBr. The Morgan fingerprint density at radius 3 is 2.24 bits per heavy atom. The average molecular weight is 306 g/mol. The predicted octanol–water partition coefficient (Wildman–Crippen LogP) is 4.42. The zero-order valence-corrected chi connectivity index (χ0v) is 12.9. The number of hydrogen-bond donors (Lipinski definition) is 1. The van der Waals surface area contributed by atoms with Gasteiger partial charge in [0.25, 0.3) is 0 Å². The van der Waals surface area contributed by atoms with Crippen molar-refractivity contribution in [3.63, 3.8) is 0 Å². The second kappa shape index (κ2) is 14.0. The fraction of sp³-hybridized carbons (Fsp3) is 0.929. The highest BCUT2D eigenvalue weighted by Crippen LogP contribution is 2.08. The van der Waals surface area contributed by atoms with Gasteiger partial charge in [-0.1, -0.05) is 61.4 Å². The summed E-state index contributed by atoms with van der Waals surface area (Å²) >= 11 is 3.38. The van der Waals surface area contributed by atoms with E-state index in [0.717, 1.165) is 31.1 Å². The van der Waals surface area contributed by atoms with E-state index in [1.54, 1.807) is 0 Å². The van der Waals surface area contributed by atoms with Crippen molar-refractivity contribution in [2.24, 2.45) is 0 Å². The Balaban J connectivity index is 3.11. The Morgan fingerprint density at radius 2 is 1.59 bits per heavy atom. The summed E-state index contributed by atoms with van der Waals surface area (Å²) in [6.07, 6.45) is 11.8. The van der Waals surface area contributed by atoms with Gasteiger partial charge in [-0.25, -0.2) is 0 Å². The van der Waals surface area contributed by atoms with E-state index in [4.69, 9.17) is 0 Å². The van der Waals surface area contributed by atoms with Gasteiger partial charge in [0.05, 0.1) is 0 Å². The van der Waals surface area contributed by atoms with E-state index in [1.165, 1.54) is 38.5 Å². The van der Waals surface area contributed by atoms with E-state index in [0.29, 0.717) is 6.42 Å². The Morgan fingerprint density at radius 1 is 0.941 bits per heavy atom. The molecule has 0 aromatic heterocycles. The van der Waals surface area contributed by atoms with Crippen LogP contribution in [0.25, 0.3) is 0 Å². The Kier molecular flexibility index (Phi) is 14.0. The van der Waals surface area contributed by atoms with Crippen LogP contribution in [0.3, 0.4) is 0 Å². The van der Waals surface area contributed by atoms with Gasteiger partial charge in [-0.15, -0.1) is 0 Å². The summed E-state index contributed by atoms with van der Waals surface area (Å²) in [5, 5.41) is 4.00. The van der Waals surface area contributed by atoms with Gasteiger partial charge in [0.15, 0.2) is 0 Å². The van der Waals surface area contributed by atoms with Crippen LogP contribution < -0.4 is 5.32 Å². The molecule has 1 N–H and O–H groups in total. The maximum atomic E-state index is 11.4. The van der Waals surface area contributed by atoms with Crippen LogP contribution >= 0.6 is 15.9 Å². The molecule has 0 unspecified atom stereocenters. The molecule has 0 aliphatic carbocycles. The first kappa shape index (κ1) is 16.9. The zero-order chi connectivity index (χ0) is 12.8. The third-order valence-corrected chi connectivity index (χ3v) is 3.45. The molecule has 17 heavy (non-hydrogen) atoms. The first-order chi connectivity index (χ1) is 8.31. The normalized spacial score (nSPS) is 10.5. The maximum Gasteiger partial charge on any atom is 0.219 e. The highest BCUT2D eigenvalue weighted by molar-refractivity contribution is 9.09. The molecule has 0 fully saturated rings. The van der Waals surface area contributed by atoms with Gasteiger partial charge in [-0.3, -0.25) is 4.79 Å². The van der Waals surface area contributed by atoms with Crippen LogP contribution in [-0.2, 0) is 4.79 Å². The molecule has 0 atom stereocenters. The monoisotopic (exact) mass is 305 g/mol. The van der Waals surface area contributed by atoms with E-state index in [9.17, 15) is 4.79 Å². The number of hydrogen-bond acceptors (Lipinski definition) is 1. The second-order valence-corrected chi connectivity index (χ2v) is 5.41. The number of alkyl halides is 1. The van der Waals surface area contributed by atoms with E-state index in [2.05, 4.69) is 28.2 Å². The fourth-order valence-corrected chi connectivity index (χ4v) is 2.17. The lowest BCUT2D eigenvalue weighted by molar-refractivity contribution is -0.121. The number of nitrogens with one attached hydrogen (secondary N) is 1. The van der Waals surface area contributed by atoms with E-state index < -0.39 is 0 Å². The molecule has 0 bridgehead atoms. The summed E-state index contributed by atoms with van der Waals surface area (Å²) in [6, 6.07) is 0. The lowest BCUT2D eigenvalue weighted by atomic mass is 10.1. The molecule has 0 spiro atoms. The highest BCUT2D eigenvalue weighted by Gasteiger charge is 1.99. The largest absolute Gasteiger partial charge is 0.356 e. The third kappa shape index (κ3) is 13.9. The van der Waals surface area contributed by atoms with Gasteiger partial charge in [0.1, 0.15) is 0 Å². The Labute approximate surface area is 115 Å². The molecule has 0 aromatic rings. The Hall–Kier alpha value is -0.0500. The van der Waals surface area contributed by atoms with Crippen molar-refractivity contribution in [2.45, 2.75) is 71.1 Å². The van der Waals surface area contributed by atoms with Crippen molar-refractivity contribution in [1.29, 1.82) is 0 Å². The first-order valence-electron chi connectivity index (χ1n) is 7.14. The van der Waals surface area contributed by atoms with E-state index in [-0.39, 0.29) is 5.91 Å². The predicted molar refractivity (Wildman–Crippen MR) is 78.6 cm³/mol. The van der Waals surface area contributed by atoms with Crippen molar-refractivity contribution in [3.05, 3.63) is 0 Å². The van der Waals surface area contributed by atoms with Crippen molar-refractivity contribution in [3.8, 4) is 0 Å². The Bertz CT molecular complexity index is 174. The molecule has 0 aliphatic rings. The smallest absolute Gasteiger partial charge is 0.219 e. The van der Waals surface area contributed by atoms with Crippen molar-refractivity contribution < 1.29 is 4.79 Å². The molecule has 0 heterocycles. The molecule has 1 amide bonds. The third-order valence-electron chi connectivity index (χ3n) is 2.89. The number of carbonyl (C=O) groups is 1. The number of carbonyl (C=O) groups excluding carboxylic acids is 1. The lowest BCUT2D eigenvalue weighted by Crippen LogP contribution is -2.24. The molecule has 0 aromatic carbocycles. The summed E-state index contributed by atoms with van der Waals surface area (Å²) in [5.41, 5.74) is 0. The first-order valence-corrected chi connectivity index (χ1v) is 8.26. The van der Waals surface area contributed by atoms with Gasteiger partial charge in [0, 0.05) is 18.3 Å². The fourth-order valence-electron chi connectivity index (χ4n) is 1.78. The molecular formula is C14H28BrNO. The van der Waals surface area contributed by atoms with E-state index in [1.807, 2.05) is 0 Å². The van der Waals surface area contributed by atoms with Crippen LogP contribution in [0.2, 0.25) is 0 Å². The maximum absolute atomic E-state index is 11.4. The molecule has 102 valence electrons. The highest BCUT2D eigenvalue weighted by atomic mass is 79.9. The number of unbranched alkanes of at least 4 members (excludes halogenated alkanes) is 7. The number of rotatable bonds is 12. The summed E-state index contributed by atoms with van der Waals surface area (Å²) in [4.78, 5) is 11.4. The molecule has 0 rings (SSSR count). The van der Waals surface area contributed by atoms with Crippen LogP contribution in [0.4, 0.5) is 0 Å². The minimum atomic E-state index is 0.230. The van der Waals surface area contributed by atoms with Crippen LogP contribution in [0, 0.1) is 0 Å². The van der Waals surface area contributed by atoms with Crippen molar-refractivity contribution in [2.75, 3.05) is 11.9 Å². The molecule has 3 heteroatoms. The molecule has 0 radical (unpaired) electrons. The van der Waals surface area contributed by atoms with Crippen LogP contribution in [-0.4, -0.2) is 17.8 Å². The minimum absolute atomic E-state index is 0.230. The molecular weight excluding hydrogens is 278 g/mol. The number of amides is 1. The van der Waals surface area contributed by atoms with E-state index >= 15 is 0 Å². The quantitative estimate of drug-likeness (QED) is 0.420. The van der Waals surface area contributed by atoms with Gasteiger partial charge < -0.3 is 5.32 Å². The number of halogens is 1. The summed E-state index contributed by atoms with van der Waals surface area (Å²) in [5.74, 6) is 0.230. The molecule has 0 saturated heterocycles. The van der Waals surface area contributed by atoms with Gasteiger partial charge in [-0.05, 0) is 19.3 Å². The lowest BCUT2D eigenvalue weighted by Gasteiger charge is -2.04. The second-order valence-electron chi connectivity index (χ2n) is 4.62. The molecule has 2 nitrogen and oxygen atoms in total. The summed E-state index contributed by atoms with van der Waals surface area (Å²) in [6.45, 7) is 3.07. The van der Waals surface area contributed by atoms with Crippen molar-refractivity contribution >= 4 is 21.8 Å². The molecule has 0 aliphatic heterocycles. The van der Waals surface area contributed by atoms with Crippen LogP contribution in [0.15, 0.2) is 0 Å². The van der Waals surface area contributed by atoms with Gasteiger partial charge >= 0.3 is 0 Å². The zero-order valence-electron chi connectivity index (χ0n) is 11.3. The average Bonchev–Trinajstić information content (AvgIpc) is 2.33. The van der Waals surface area contributed by atoms with Gasteiger partial charge in [0.2, 0.25) is 5.91 Å². The standard InChI is InChI=1S/C14H28BrNO/c1-2-3-4-5-6-7-8-11-14(17)16-13-10-9-12-15/h2-13H2,1H3,(H,16,17). The topological polar surface area (TPSA) is 29.1 Å². The minimum Gasteiger partial charge on any atom is -0.356 e. The summed E-state index contributed by atoms with van der Waals surface area (Å²) < 4.78 is 0. The van der Waals surface area contributed by atoms with Crippen LogP contribution in [0.5, 0.6) is 0 Å². The van der Waals surface area contributed by atoms with Gasteiger partial charge in [-0.2, -0.15) is 0 Å². The molecule has 0 saturated carbocycles. The summed E-state index contributed by atoms with van der Waals surface area (Å²) in [7, 11) is 0. The van der Waals surface area contributed by atoms with Crippen LogP contribution in [0.1, 0.15) is 71.1 Å². The van der Waals surface area contributed by atoms with Crippen molar-refractivity contribution in [1.82, 2.24) is 5.32 Å².